The summed E-state index contributed by atoms with van der Waals surface area (Å²) in [6, 6.07) is 0. The fourth-order valence-corrected chi connectivity index (χ4v) is 3.40. The van der Waals surface area contributed by atoms with Crippen molar-refractivity contribution in [1.82, 2.24) is 10.6 Å². The van der Waals surface area contributed by atoms with Crippen molar-refractivity contribution in [3.8, 4) is 0 Å². The van der Waals surface area contributed by atoms with Crippen LogP contribution in [0.5, 0.6) is 0 Å². The van der Waals surface area contributed by atoms with E-state index in [9.17, 15) is 9.59 Å². The normalized spacial score (nSPS) is 27.1. The van der Waals surface area contributed by atoms with Gasteiger partial charge in [-0.3, -0.25) is 9.59 Å². The van der Waals surface area contributed by atoms with Crippen LogP contribution in [-0.2, 0) is 9.59 Å². The molecule has 0 aromatic heterocycles. The van der Waals surface area contributed by atoms with E-state index in [1.54, 1.807) is 18.8 Å². The molecular formula is C12H23N3O2S. The minimum Gasteiger partial charge on any atom is -0.368 e. The zero-order chi connectivity index (χ0) is 13.6. The molecule has 1 aliphatic carbocycles. The van der Waals surface area contributed by atoms with Crippen LogP contribution in [0.1, 0.15) is 32.6 Å². The van der Waals surface area contributed by atoms with Gasteiger partial charge in [0.2, 0.25) is 11.8 Å². The molecule has 104 valence electrons. The van der Waals surface area contributed by atoms with Gasteiger partial charge in [-0.05, 0) is 32.7 Å². The number of amides is 2. The van der Waals surface area contributed by atoms with Gasteiger partial charge in [-0.15, -0.1) is 11.8 Å². The van der Waals surface area contributed by atoms with E-state index < -0.39 is 5.54 Å². The van der Waals surface area contributed by atoms with Gasteiger partial charge in [0, 0.05) is 11.8 Å². The van der Waals surface area contributed by atoms with Crippen LogP contribution in [0.2, 0.25) is 0 Å². The summed E-state index contributed by atoms with van der Waals surface area (Å²) in [5.41, 5.74) is 4.87. The zero-order valence-electron chi connectivity index (χ0n) is 11.1. The molecule has 0 spiro atoms. The lowest BCUT2D eigenvalue weighted by Gasteiger charge is -2.24. The van der Waals surface area contributed by atoms with Crippen LogP contribution < -0.4 is 16.4 Å². The third-order valence-electron chi connectivity index (χ3n) is 3.44. The third kappa shape index (κ3) is 3.88. The number of carbonyl (C=O) groups is 2. The van der Waals surface area contributed by atoms with Crippen LogP contribution in [0, 0.1) is 0 Å². The second-order valence-electron chi connectivity index (χ2n) is 4.72. The van der Waals surface area contributed by atoms with Crippen molar-refractivity contribution in [3.63, 3.8) is 0 Å². The fraction of sp³-hybridized carbons (Fsp3) is 0.833. The molecule has 6 heteroatoms. The highest BCUT2D eigenvalue weighted by atomic mass is 32.2. The van der Waals surface area contributed by atoms with Crippen molar-refractivity contribution in [2.24, 2.45) is 5.73 Å². The molecule has 2 unspecified atom stereocenters. The standard InChI is InChI=1S/C12H23N3O2S/c1-3-6-15-10(16)8-18-9-4-5-12(7-9,14-2)11(13)17/h9,14H,3-8H2,1-2H3,(H2,13,17)(H,15,16). The first-order valence-corrected chi connectivity index (χ1v) is 7.46. The number of nitrogens with two attached hydrogens (primary N) is 1. The Labute approximate surface area is 113 Å². The number of nitrogens with one attached hydrogen (secondary N) is 2. The number of hydrogen-bond acceptors (Lipinski definition) is 4. The SMILES string of the molecule is CCCNC(=O)CSC1CCC(NC)(C(N)=O)C1. The van der Waals surface area contributed by atoms with E-state index in [4.69, 9.17) is 5.73 Å². The summed E-state index contributed by atoms with van der Waals surface area (Å²) in [4.78, 5) is 22.9. The average Bonchev–Trinajstić information content (AvgIpc) is 2.79. The lowest BCUT2D eigenvalue weighted by Crippen LogP contribution is -2.52. The number of primary amides is 1. The Morgan fingerprint density at radius 1 is 1.50 bits per heavy atom. The summed E-state index contributed by atoms with van der Waals surface area (Å²) >= 11 is 1.62. The first kappa shape index (κ1) is 15.3. The van der Waals surface area contributed by atoms with E-state index >= 15 is 0 Å². The molecule has 1 fully saturated rings. The number of rotatable bonds is 7. The number of carbonyl (C=O) groups excluding carboxylic acids is 2. The van der Waals surface area contributed by atoms with Gasteiger partial charge in [0.25, 0.3) is 0 Å². The third-order valence-corrected chi connectivity index (χ3v) is 4.74. The Morgan fingerprint density at radius 3 is 2.72 bits per heavy atom. The molecule has 1 saturated carbocycles. The molecule has 0 bridgehead atoms. The number of thioether (sulfide) groups is 1. The summed E-state index contributed by atoms with van der Waals surface area (Å²) in [7, 11) is 1.77. The van der Waals surface area contributed by atoms with Gasteiger partial charge in [-0.1, -0.05) is 6.92 Å². The highest BCUT2D eigenvalue weighted by Crippen LogP contribution is 2.36. The van der Waals surface area contributed by atoms with Gasteiger partial charge >= 0.3 is 0 Å². The van der Waals surface area contributed by atoms with Crippen LogP contribution in [0.3, 0.4) is 0 Å². The van der Waals surface area contributed by atoms with E-state index in [1.165, 1.54) is 0 Å². The summed E-state index contributed by atoms with van der Waals surface area (Å²) in [5, 5.41) is 6.22. The predicted molar refractivity (Wildman–Crippen MR) is 74.4 cm³/mol. The highest BCUT2D eigenvalue weighted by Gasteiger charge is 2.42. The van der Waals surface area contributed by atoms with Crippen molar-refractivity contribution in [2.75, 3.05) is 19.3 Å². The largest absolute Gasteiger partial charge is 0.368 e. The molecule has 0 heterocycles. The van der Waals surface area contributed by atoms with Crippen LogP contribution >= 0.6 is 11.8 Å². The average molecular weight is 273 g/mol. The van der Waals surface area contributed by atoms with E-state index in [0.29, 0.717) is 17.4 Å². The topological polar surface area (TPSA) is 84.2 Å². The zero-order valence-corrected chi connectivity index (χ0v) is 11.9. The highest BCUT2D eigenvalue weighted by molar-refractivity contribution is 8.00. The summed E-state index contributed by atoms with van der Waals surface area (Å²) in [6.07, 6.45) is 3.34. The van der Waals surface area contributed by atoms with Gasteiger partial charge in [-0.2, -0.15) is 0 Å². The number of hydrogen-bond donors (Lipinski definition) is 3. The molecule has 0 aromatic rings. The summed E-state index contributed by atoms with van der Waals surface area (Å²) < 4.78 is 0. The van der Waals surface area contributed by atoms with Crippen LogP contribution in [0.15, 0.2) is 0 Å². The lowest BCUT2D eigenvalue weighted by molar-refractivity contribution is -0.124. The minimum absolute atomic E-state index is 0.0721. The summed E-state index contributed by atoms with van der Waals surface area (Å²) in [5.74, 6) is 0.245. The fourth-order valence-electron chi connectivity index (χ4n) is 2.23. The van der Waals surface area contributed by atoms with Gasteiger partial charge < -0.3 is 16.4 Å². The van der Waals surface area contributed by atoms with Crippen LogP contribution in [-0.4, -0.2) is 41.9 Å². The maximum absolute atomic E-state index is 11.5. The van der Waals surface area contributed by atoms with Crippen molar-refractivity contribution in [1.29, 1.82) is 0 Å². The number of likely N-dealkylation sites (N-methyl/N-ethyl adjacent to an activating group) is 1. The van der Waals surface area contributed by atoms with Crippen molar-refractivity contribution >= 4 is 23.6 Å². The molecule has 5 nitrogen and oxygen atoms in total. The van der Waals surface area contributed by atoms with Gasteiger partial charge in [0.1, 0.15) is 0 Å². The van der Waals surface area contributed by atoms with Gasteiger partial charge in [0.15, 0.2) is 0 Å². The quantitative estimate of drug-likeness (QED) is 0.620. The first-order valence-electron chi connectivity index (χ1n) is 6.41. The Morgan fingerprint density at radius 2 is 2.22 bits per heavy atom. The second-order valence-corrected chi connectivity index (χ2v) is 6.01. The second kappa shape index (κ2) is 6.99. The van der Waals surface area contributed by atoms with Crippen molar-refractivity contribution in [3.05, 3.63) is 0 Å². The Hall–Kier alpha value is -0.750. The minimum atomic E-state index is -0.572. The molecule has 1 rings (SSSR count). The van der Waals surface area contributed by atoms with Crippen LogP contribution in [0.4, 0.5) is 0 Å². The molecule has 1 aliphatic rings. The molecule has 2 atom stereocenters. The molecule has 2 amide bonds. The van der Waals surface area contributed by atoms with E-state index in [1.807, 2.05) is 6.92 Å². The van der Waals surface area contributed by atoms with Gasteiger partial charge in [0.05, 0.1) is 11.3 Å². The molecule has 0 radical (unpaired) electrons. The molecular weight excluding hydrogens is 250 g/mol. The molecule has 0 saturated heterocycles. The molecule has 0 aliphatic heterocycles. The Bertz CT molecular complexity index is 312. The van der Waals surface area contributed by atoms with E-state index in [0.717, 1.165) is 25.8 Å². The maximum Gasteiger partial charge on any atom is 0.237 e. The Balaban J connectivity index is 2.34. The predicted octanol–water partition coefficient (Wildman–Crippen LogP) is 0.242. The van der Waals surface area contributed by atoms with Gasteiger partial charge in [-0.25, -0.2) is 0 Å². The first-order chi connectivity index (χ1) is 8.54. The molecule has 18 heavy (non-hydrogen) atoms. The summed E-state index contributed by atoms with van der Waals surface area (Å²) in [6.45, 7) is 2.75. The van der Waals surface area contributed by atoms with Crippen LogP contribution in [0.25, 0.3) is 0 Å². The monoisotopic (exact) mass is 273 g/mol. The van der Waals surface area contributed by atoms with E-state index in [-0.39, 0.29) is 11.8 Å². The van der Waals surface area contributed by atoms with E-state index in [2.05, 4.69) is 10.6 Å². The Kier molecular flexibility index (Phi) is 5.95. The molecule has 4 N–H and O–H groups in total. The van der Waals surface area contributed by atoms with Crippen molar-refractivity contribution < 1.29 is 9.59 Å². The molecule has 0 aromatic carbocycles. The lowest BCUT2D eigenvalue weighted by atomic mass is 9.97. The smallest absolute Gasteiger partial charge is 0.237 e. The van der Waals surface area contributed by atoms with Crippen molar-refractivity contribution in [2.45, 2.75) is 43.4 Å². The maximum atomic E-state index is 11.5.